The van der Waals surface area contributed by atoms with Gasteiger partial charge in [0.05, 0.1) is 0 Å². The van der Waals surface area contributed by atoms with Crippen LogP contribution in [0.4, 0.5) is 0 Å². The zero-order valence-electron chi connectivity index (χ0n) is 13.6. The lowest BCUT2D eigenvalue weighted by Crippen LogP contribution is -1.89. The molecule has 22 heavy (non-hydrogen) atoms. The normalized spacial score (nSPS) is 11.3. The Morgan fingerprint density at radius 1 is 0.818 bits per heavy atom. The SMILES string of the molecule is CCCCCCCCc1cc[c]c2cc3ccccc3cc12. The lowest BCUT2D eigenvalue weighted by atomic mass is 9.96. The summed E-state index contributed by atoms with van der Waals surface area (Å²) in [6.45, 7) is 2.27. The van der Waals surface area contributed by atoms with E-state index in [2.05, 4.69) is 61.5 Å². The molecule has 0 heteroatoms. The Balaban J connectivity index is 1.76. The van der Waals surface area contributed by atoms with Gasteiger partial charge in [0.1, 0.15) is 0 Å². The molecule has 0 amide bonds. The van der Waals surface area contributed by atoms with Gasteiger partial charge < -0.3 is 0 Å². The molecule has 3 aromatic carbocycles. The molecule has 0 aliphatic rings. The highest BCUT2D eigenvalue weighted by atomic mass is 14.1. The minimum Gasteiger partial charge on any atom is -0.0654 e. The maximum Gasteiger partial charge on any atom is -0.00960 e. The van der Waals surface area contributed by atoms with Crippen LogP contribution < -0.4 is 0 Å². The molecular formula is C22H25. The fourth-order valence-electron chi connectivity index (χ4n) is 3.26. The van der Waals surface area contributed by atoms with E-state index in [9.17, 15) is 0 Å². The zero-order chi connectivity index (χ0) is 15.2. The van der Waals surface area contributed by atoms with Gasteiger partial charge in [0.25, 0.3) is 0 Å². The van der Waals surface area contributed by atoms with Crippen LogP contribution in [0.3, 0.4) is 0 Å². The van der Waals surface area contributed by atoms with Crippen molar-refractivity contribution in [1.82, 2.24) is 0 Å². The van der Waals surface area contributed by atoms with Crippen molar-refractivity contribution in [3.63, 3.8) is 0 Å². The first-order valence-corrected chi connectivity index (χ1v) is 8.70. The predicted octanol–water partition coefficient (Wildman–Crippen LogP) is 6.70. The first-order valence-electron chi connectivity index (χ1n) is 8.70. The second-order valence-corrected chi connectivity index (χ2v) is 6.27. The number of aryl methyl sites for hydroxylation is 1. The van der Waals surface area contributed by atoms with Gasteiger partial charge in [-0.3, -0.25) is 0 Å². The molecule has 0 aromatic heterocycles. The third-order valence-electron chi connectivity index (χ3n) is 4.55. The van der Waals surface area contributed by atoms with Gasteiger partial charge in [-0.05, 0) is 58.1 Å². The van der Waals surface area contributed by atoms with Gasteiger partial charge in [0.15, 0.2) is 0 Å². The van der Waals surface area contributed by atoms with Crippen LogP contribution in [0.1, 0.15) is 51.0 Å². The van der Waals surface area contributed by atoms with E-state index < -0.39 is 0 Å². The highest BCUT2D eigenvalue weighted by Crippen LogP contribution is 2.26. The maximum atomic E-state index is 3.40. The standard InChI is InChI=1S/C22H25/c1-2-3-4-5-6-7-11-18-14-10-15-21-16-19-12-8-9-13-20(19)17-22(18)21/h8-10,12-14,16-17H,2-7,11H2,1H3. The smallest absolute Gasteiger partial charge is 0.00960 e. The van der Waals surface area contributed by atoms with E-state index in [1.165, 1.54) is 72.1 Å². The first-order chi connectivity index (χ1) is 10.9. The molecule has 0 aliphatic heterocycles. The summed E-state index contributed by atoms with van der Waals surface area (Å²) >= 11 is 0. The lowest BCUT2D eigenvalue weighted by molar-refractivity contribution is 0.608. The Morgan fingerprint density at radius 2 is 1.55 bits per heavy atom. The van der Waals surface area contributed by atoms with Gasteiger partial charge in [-0.1, -0.05) is 75.4 Å². The summed E-state index contributed by atoms with van der Waals surface area (Å²) in [4.78, 5) is 0. The predicted molar refractivity (Wildman–Crippen MR) is 97.4 cm³/mol. The van der Waals surface area contributed by atoms with Crippen molar-refractivity contribution in [2.24, 2.45) is 0 Å². The van der Waals surface area contributed by atoms with E-state index in [0.717, 1.165) is 0 Å². The Morgan fingerprint density at radius 3 is 2.36 bits per heavy atom. The van der Waals surface area contributed by atoms with Crippen molar-refractivity contribution in [3.8, 4) is 0 Å². The van der Waals surface area contributed by atoms with Crippen LogP contribution in [0.25, 0.3) is 21.5 Å². The Bertz CT molecular complexity index is 739. The maximum absolute atomic E-state index is 3.40. The molecule has 0 spiro atoms. The zero-order valence-corrected chi connectivity index (χ0v) is 13.6. The number of benzene rings is 3. The summed E-state index contributed by atoms with van der Waals surface area (Å²) in [5.41, 5.74) is 1.48. The molecule has 0 nitrogen and oxygen atoms in total. The van der Waals surface area contributed by atoms with Crippen LogP contribution in [0, 0.1) is 6.07 Å². The lowest BCUT2D eigenvalue weighted by Gasteiger charge is -2.08. The van der Waals surface area contributed by atoms with Gasteiger partial charge in [-0.25, -0.2) is 0 Å². The third-order valence-corrected chi connectivity index (χ3v) is 4.55. The molecule has 0 saturated carbocycles. The summed E-state index contributed by atoms with van der Waals surface area (Å²) in [6.07, 6.45) is 9.33. The molecule has 0 heterocycles. The van der Waals surface area contributed by atoms with E-state index in [1.807, 2.05) is 0 Å². The molecule has 3 aromatic rings. The van der Waals surface area contributed by atoms with Gasteiger partial charge in [-0.15, -0.1) is 0 Å². The number of hydrogen-bond donors (Lipinski definition) is 0. The van der Waals surface area contributed by atoms with Gasteiger partial charge >= 0.3 is 0 Å². The molecule has 0 fully saturated rings. The average molecular weight is 289 g/mol. The Labute approximate surface area is 134 Å². The summed E-state index contributed by atoms with van der Waals surface area (Å²) in [6, 6.07) is 21.0. The second kappa shape index (κ2) is 7.45. The largest absolute Gasteiger partial charge is 0.0654 e. The van der Waals surface area contributed by atoms with Crippen molar-refractivity contribution in [2.75, 3.05) is 0 Å². The van der Waals surface area contributed by atoms with Crippen LogP contribution >= 0.6 is 0 Å². The number of unbranched alkanes of at least 4 members (excludes halogenated alkanes) is 5. The third kappa shape index (κ3) is 3.50. The van der Waals surface area contributed by atoms with E-state index in [-0.39, 0.29) is 0 Å². The quantitative estimate of drug-likeness (QED) is 0.335. The Kier molecular flexibility index (Phi) is 5.11. The van der Waals surface area contributed by atoms with Crippen LogP contribution in [0.5, 0.6) is 0 Å². The molecule has 0 unspecified atom stereocenters. The van der Waals surface area contributed by atoms with E-state index >= 15 is 0 Å². The number of hydrogen-bond acceptors (Lipinski definition) is 0. The molecule has 0 aliphatic carbocycles. The molecule has 0 bridgehead atoms. The minimum atomic E-state index is 1.19. The van der Waals surface area contributed by atoms with Crippen LogP contribution in [-0.4, -0.2) is 0 Å². The van der Waals surface area contributed by atoms with Crippen LogP contribution in [-0.2, 0) is 6.42 Å². The molecule has 0 N–H and O–H groups in total. The van der Waals surface area contributed by atoms with E-state index in [0.29, 0.717) is 0 Å². The topological polar surface area (TPSA) is 0 Å². The summed E-state index contributed by atoms with van der Waals surface area (Å²) in [7, 11) is 0. The molecule has 0 saturated heterocycles. The van der Waals surface area contributed by atoms with Gasteiger partial charge in [0.2, 0.25) is 0 Å². The number of rotatable bonds is 7. The fraction of sp³-hybridized carbons (Fsp3) is 0.364. The van der Waals surface area contributed by atoms with Crippen molar-refractivity contribution < 1.29 is 0 Å². The minimum absolute atomic E-state index is 1.19. The second-order valence-electron chi connectivity index (χ2n) is 6.27. The highest BCUT2D eigenvalue weighted by molar-refractivity contribution is 5.99. The van der Waals surface area contributed by atoms with E-state index in [1.54, 1.807) is 0 Å². The van der Waals surface area contributed by atoms with Gasteiger partial charge in [-0.2, -0.15) is 0 Å². The van der Waals surface area contributed by atoms with E-state index in [4.69, 9.17) is 0 Å². The van der Waals surface area contributed by atoms with Crippen molar-refractivity contribution in [1.29, 1.82) is 0 Å². The van der Waals surface area contributed by atoms with Crippen LogP contribution in [0.15, 0.2) is 48.5 Å². The fourth-order valence-corrected chi connectivity index (χ4v) is 3.26. The first kappa shape index (κ1) is 15.1. The van der Waals surface area contributed by atoms with Crippen molar-refractivity contribution >= 4 is 21.5 Å². The van der Waals surface area contributed by atoms with Crippen LogP contribution in [0.2, 0.25) is 0 Å². The summed E-state index contributed by atoms with van der Waals surface area (Å²) < 4.78 is 0. The summed E-state index contributed by atoms with van der Waals surface area (Å²) in [5.74, 6) is 0. The van der Waals surface area contributed by atoms with Crippen molar-refractivity contribution in [2.45, 2.75) is 51.9 Å². The van der Waals surface area contributed by atoms with Gasteiger partial charge in [0, 0.05) is 0 Å². The molecule has 113 valence electrons. The average Bonchev–Trinajstić information content (AvgIpc) is 2.56. The van der Waals surface area contributed by atoms with Crippen molar-refractivity contribution in [3.05, 3.63) is 60.2 Å². The number of fused-ring (bicyclic) bond motifs is 2. The molecular weight excluding hydrogens is 264 g/mol. The Hall–Kier alpha value is -1.82. The molecule has 1 radical (unpaired) electrons. The highest BCUT2D eigenvalue weighted by Gasteiger charge is 2.03. The molecule has 0 atom stereocenters. The monoisotopic (exact) mass is 289 g/mol. The molecule has 3 rings (SSSR count). The summed E-state index contributed by atoms with van der Waals surface area (Å²) in [5, 5.41) is 5.28.